The van der Waals surface area contributed by atoms with Gasteiger partial charge < -0.3 is 21.5 Å². The fourth-order valence-corrected chi connectivity index (χ4v) is 4.72. The lowest BCUT2D eigenvalue weighted by Crippen LogP contribution is -2.45. The van der Waals surface area contributed by atoms with Gasteiger partial charge in [-0.05, 0) is 80.6 Å². The molecule has 204 valence electrons. The molecule has 0 radical (unpaired) electrons. The van der Waals surface area contributed by atoms with E-state index in [0.717, 1.165) is 6.42 Å². The summed E-state index contributed by atoms with van der Waals surface area (Å²) in [7, 11) is 0. The maximum absolute atomic E-state index is 13.3. The van der Waals surface area contributed by atoms with Crippen molar-refractivity contribution in [1.82, 2.24) is 10.3 Å². The minimum Gasteiger partial charge on any atom is -0.478 e. The van der Waals surface area contributed by atoms with Crippen LogP contribution in [0.2, 0.25) is 0 Å². The molecule has 1 aromatic heterocycles. The Kier molecular flexibility index (Phi) is 8.24. The summed E-state index contributed by atoms with van der Waals surface area (Å²) in [4.78, 5) is 43.0. The first-order chi connectivity index (χ1) is 18.1. The molecule has 2 amide bonds. The van der Waals surface area contributed by atoms with Crippen molar-refractivity contribution < 1.29 is 19.5 Å². The van der Waals surface area contributed by atoms with Crippen molar-refractivity contribution in [3.05, 3.63) is 82.7 Å². The van der Waals surface area contributed by atoms with Gasteiger partial charge in [-0.1, -0.05) is 32.9 Å². The highest BCUT2D eigenvalue weighted by Crippen LogP contribution is 2.30. The number of nitrogen functional groups attached to an aromatic ring is 1. The van der Waals surface area contributed by atoms with E-state index in [0.29, 0.717) is 22.5 Å². The molecule has 0 saturated carbocycles. The molecule has 0 aliphatic rings. The number of carboxylic acid groups (broad SMARTS) is 1. The normalized spacial score (nSPS) is 11.5. The highest BCUT2D eigenvalue weighted by atomic mass is 16.4. The molecule has 9 nitrogen and oxygen atoms in total. The molecule has 3 aromatic rings. The van der Waals surface area contributed by atoms with Crippen LogP contribution in [0.5, 0.6) is 0 Å². The zero-order valence-corrected chi connectivity index (χ0v) is 23.1. The van der Waals surface area contributed by atoms with Gasteiger partial charge in [0.15, 0.2) is 0 Å². The van der Waals surface area contributed by atoms with Crippen molar-refractivity contribution in [3.8, 4) is 11.1 Å². The first-order valence-electron chi connectivity index (χ1n) is 12.5. The Bertz CT molecular complexity index is 1440. The molecule has 0 saturated heterocycles. The maximum Gasteiger partial charge on any atom is 0.336 e. The number of nitrogens with one attached hydrogen (secondary N) is 3. The molecule has 0 aliphatic heterocycles. The van der Waals surface area contributed by atoms with Crippen LogP contribution in [0.25, 0.3) is 11.1 Å². The van der Waals surface area contributed by atoms with Gasteiger partial charge >= 0.3 is 5.97 Å². The second-order valence-electron chi connectivity index (χ2n) is 11.4. The lowest BCUT2D eigenvalue weighted by atomic mass is 9.81. The Morgan fingerprint density at radius 3 is 2.05 bits per heavy atom. The number of aromatic carboxylic acids is 1. The number of carboxylic acids is 1. The van der Waals surface area contributed by atoms with Gasteiger partial charge in [0.2, 0.25) is 0 Å². The summed E-state index contributed by atoms with van der Waals surface area (Å²) >= 11 is 0. The van der Waals surface area contributed by atoms with E-state index in [1.165, 1.54) is 12.1 Å². The van der Waals surface area contributed by atoms with Crippen LogP contribution in [0.1, 0.15) is 83.5 Å². The first kappa shape index (κ1) is 29.0. The summed E-state index contributed by atoms with van der Waals surface area (Å²) in [6.07, 6.45) is 0.723. The van der Waals surface area contributed by atoms with Gasteiger partial charge in [-0.2, -0.15) is 0 Å². The second kappa shape index (κ2) is 11.1. The monoisotopic (exact) mass is 529 g/mol. The van der Waals surface area contributed by atoms with Crippen LogP contribution < -0.4 is 16.4 Å². The largest absolute Gasteiger partial charge is 0.478 e. The molecule has 3 rings (SSSR count). The third-order valence-corrected chi connectivity index (χ3v) is 5.93. The fraction of sp³-hybridized carbons (Fsp3) is 0.300. The number of hydrogen-bond donors (Lipinski definition) is 5. The third kappa shape index (κ3) is 7.50. The standard InChI is InChI=1S/C30H35N5O4/c1-17-7-13-22(24(33-17)27(37)34-20-11-8-18(9-12-20)25(31)32)21-14-10-19(15-23(21)28(38)39)26(36)35-30(5,6)16-29(2,3)4/h7-15H,16H2,1-6H3,(H3,31,32)(H,34,37)(H,35,36)(H,38,39). The lowest BCUT2D eigenvalue weighted by Gasteiger charge is -2.33. The van der Waals surface area contributed by atoms with Crippen molar-refractivity contribution >= 4 is 29.3 Å². The molecule has 0 fully saturated rings. The summed E-state index contributed by atoms with van der Waals surface area (Å²) in [5, 5.41) is 23.3. The summed E-state index contributed by atoms with van der Waals surface area (Å²) in [6.45, 7) is 11.8. The van der Waals surface area contributed by atoms with Gasteiger partial charge in [0.05, 0.1) is 5.56 Å². The van der Waals surface area contributed by atoms with Gasteiger partial charge in [0.25, 0.3) is 11.8 Å². The number of hydrogen-bond acceptors (Lipinski definition) is 5. The van der Waals surface area contributed by atoms with Gasteiger partial charge in [-0.15, -0.1) is 0 Å². The molecular weight excluding hydrogens is 494 g/mol. The number of anilines is 1. The number of amidine groups is 1. The van der Waals surface area contributed by atoms with E-state index in [9.17, 15) is 19.5 Å². The Hall–Kier alpha value is -4.53. The summed E-state index contributed by atoms with van der Waals surface area (Å²) in [6, 6.07) is 14.2. The number of nitrogens with zero attached hydrogens (tertiary/aromatic N) is 1. The maximum atomic E-state index is 13.3. The van der Waals surface area contributed by atoms with Gasteiger partial charge in [0.1, 0.15) is 11.5 Å². The third-order valence-electron chi connectivity index (χ3n) is 5.93. The minimum atomic E-state index is -1.24. The number of rotatable bonds is 8. The van der Waals surface area contributed by atoms with E-state index in [2.05, 4.69) is 36.4 Å². The number of amides is 2. The molecular formula is C30H35N5O4. The van der Waals surface area contributed by atoms with E-state index >= 15 is 0 Å². The van der Waals surface area contributed by atoms with Crippen molar-refractivity contribution in [2.75, 3.05) is 5.32 Å². The van der Waals surface area contributed by atoms with E-state index in [1.807, 2.05) is 13.8 Å². The predicted octanol–water partition coefficient (Wildman–Crippen LogP) is 5.24. The highest BCUT2D eigenvalue weighted by Gasteiger charge is 2.28. The van der Waals surface area contributed by atoms with Crippen LogP contribution in [-0.2, 0) is 0 Å². The minimum absolute atomic E-state index is 0.0161. The Morgan fingerprint density at radius 2 is 1.49 bits per heavy atom. The van der Waals surface area contributed by atoms with E-state index in [1.54, 1.807) is 49.4 Å². The van der Waals surface area contributed by atoms with E-state index in [4.69, 9.17) is 11.1 Å². The molecule has 0 spiro atoms. The fourth-order valence-electron chi connectivity index (χ4n) is 4.72. The number of aryl methyl sites for hydroxylation is 1. The Morgan fingerprint density at radius 1 is 0.897 bits per heavy atom. The summed E-state index contributed by atoms with van der Waals surface area (Å²) < 4.78 is 0. The molecule has 0 atom stereocenters. The Labute approximate surface area is 228 Å². The Balaban J connectivity index is 1.97. The number of pyridine rings is 1. The predicted molar refractivity (Wildman–Crippen MR) is 152 cm³/mol. The molecule has 9 heteroatoms. The van der Waals surface area contributed by atoms with E-state index < -0.39 is 17.4 Å². The van der Waals surface area contributed by atoms with Crippen LogP contribution in [0, 0.1) is 17.7 Å². The second-order valence-corrected chi connectivity index (χ2v) is 11.4. The molecule has 1 heterocycles. The van der Waals surface area contributed by atoms with Crippen LogP contribution in [0.15, 0.2) is 54.6 Å². The van der Waals surface area contributed by atoms with Crippen LogP contribution >= 0.6 is 0 Å². The number of carbonyl (C=O) groups excluding carboxylic acids is 2. The van der Waals surface area contributed by atoms with E-state index in [-0.39, 0.29) is 39.5 Å². The summed E-state index contributed by atoms with van der Waals surface area (Å²) in [5.41, 5.74) is 7.21. The van der Waals surface area contributed by atoms with Crippen molar-refractivity contribution in [2.24, 2.45) is 11.1 Å². The average Bonchev–Trinajstić information content (AvgIpc) is 2.82. The molecule has 0 bridgehead atoms. The van der Waals surface area contributed by atoms with Crippen molar-refractivity contribution in [2.45, 2.75) is 53.5 Å². The quantitative estimate of drug-likeness (QED) is 0.198. The van der Waals surface area contributed by atoms with Crippen LogP contribution in [0.3, 0.4) is 0 Å². The van der Waals surface area contributed by atoms with Crippen LogP contribution in [-0.4, -0.2) is 39.2 Å². The zero-order valence-electron chi connectivity index (χ0n) is 23.1. The lowest BCUT2D eigenvalue weighted by molar-refractivity contribution is 0.0697. The molecule has 6 N–H and O–H groups in total. The first-order valence-corrected chi connectivity index (χ1v) is 12.5. The molecule has 2 aromatic carbocycles. The van der Waals surface area contributed by atoms with Gasteiger partial charge in [-0.25, -0.2) is 9.78 Å². The summed E-state index contributed by atoms with van der Waals surface area (Å²) in [5.74, 6) is -2.24. The topological polar surface area (TPSA) is 158 Å². The molecule has 39 heavy (non-hydrogen) atoms. The smallest absolute Gasteiger partial charge is 0.336 e. The SMILES string of the molecule is Cc1ccc(-c2ccc(C(=O)NC(C)(C)CC(C)(C)C)cc2C(=O)O)c(C(=O)Nc2ccc(C(=N)N)cc2)n1. The highest BCUT2D eigenvalue weighted by molar-refractivity contribution is 6.10. The van der Waals surface area contributed by atoms with Crippen molar-refractivity contribution in [3.63, 3.8) is 0 Å². The van der Waals surface area contributed by atoms with Crippen molar-refractivity contribution in [1.29, 1.82) is 5.41 Å². The molecule has 0 unspecified atom stereocenters. The number of aromatic nitrogens is 1. The number of benzene rings is 2. The van der Waals surface area contributed by atoms with Crippen LogP contribution in [0.4, 0.5) is 5.69 Å². The zero-order chi connectivity index (χ0) is 29.1. The molecule has 0 aliphatic carbocycles. The number of nitrogens with two attached hydrogens (primary N) is 1. The van der Waals surface area contributed by atoms with Gasteiger partial charge in [-0.3, -0.25) is 15.0 Å². The average molecular weight is 530 g/mol. The number of carbonyl (C=O) groups is 3. The van der Waals surface area contributed by atoms with Gasteiger partial charge in [0, 0.05) is 33.6 Å².